The van der Waals surface area contributed by atoms with E-state index in [2.05, 4.69) is 15.5 Å². The van der Waals surface area contributed by atoms with Crippen LogP contribution in [0.4, 0.5) is 15.8 Å². The van der Waals surface area contributed by atoms with Crippen molar-refractivity contribution in [2.75, 3.05) is 36.4 Å². The van der Waals surface area contributed by atoms with Crippen LogP contribution in [0.2, 0.25) is 0 Å². The van der Waals surface area contributed by atoms with Crippen molar-refractivity contribution in [3.05, 3.63) is 94.8 Å². The number of nitrogens with two attached hydrogens (primary N) is 1. The Balaban J connectivity index is 1.36. The molecule has 0 unspecified atom stereocenters. The number of halogens is 1. The molecule has 3 aromatic carbocycles. The van der Waals surface area contributed by atoms with Crippen molar-refractivity contribution in [1.29, 1.82) is 0 Å². The number of benzene rings is 3. The fraction of sp³-hybridized carbons (Fsp3) is 0.364. The molecule has 1 saturated carbocycles. The highest BCUT2D eigenvalue weighted by atomic mass is 19.1. The van der Waals surface area contributed by atoms with Crippen molar-refractivity contribution >= 4 is 29.1 Å². The van der Waals surface area contributed by atoms with Gasteiger partial charge in [0, 0.05) is 55.0 Å². The van der Waals surface area contributed by atoms with Crippen LogP contribution in [0.5, 0.6) is 0 Å². The molecule has 2 fully saturated rings. The Bertz CT molecular complexity index is 1450. The van der Waals surface area contributed by atoms with Gasteiger partial charge in [-0.15, -0.1) is 0 Å². The second-order valence-electron chi connectivity index (χ2n) is 11.3. The SMILES string of the molecule is Cc1cccc(C(=O)Nc2cc(C(=O)NC3CCC(N)CC3)ccc2N2CCCN(C(=O)c3cccc(F)c3)CC2)c1. The van der Waals surface area contributed by atoms with E-state index in [1.807, 2.05) is 31.2 Å². The van der Waals surface area contributed by atoms with Crippen LogP contribution in [0.3, 0.4) is 0 Å². The summed E-state index contributed by atoms with van der Waals surface area (Å²) < 4.78 is 13.7. The van der Waals surface area contributed by atoms with Gasteiger partial charge in [0.2, 0.25) is 0 Å². The second kappa shape index (κ2) is 13.2. The predicted octanol–water partition coefficient (Wildman–Crippen LogP) is 4.74. The van der Waals surface area contributed by atoms with Gasteiger partial charge in [-0.05, 0) is 87.6 Å². The maximum Gasteiger partial charge on any atom is 0.255 e. The molecule has 0 aromatic heterocycles. The summed E-state index contributed by atoms with van der Waals surface area (Å²) in [6.45, 7) is 4.06. The molecule has 0 atom stereocenters. The van der Waals surface area contributed by atoms with Gasteiger partial charge >= 0.3 is 0 Å². The number of hydrogen-bond donors (Lipinski definition) is 3. The molecule has 42 heavy (non-hydrogen) atoms. The molecular weight excluding hydrogens is 533 g/mol. The maximum absolute atomic E-state index is 13.7. The van der Waals surface area contributed by atoms with Crippen LogP contribution in [0, 0.1) is 12.7 Å². The molecule has 0 spiro atoms. The van der Waals surface area contributed by atoms with Crippen LogP contribution in [-0.4, -0.2) is 60.9 Å². The van der Waals surface area contributed by atoms with Crippen LogP contribution < -0.4 is 21.3 Å². The first kappa shape index (κ1) is 29.3. The van der Waals surface area contributed by atoms with Crippen LogP contribution in [0.25, 0.3) is 0 Å². The summed E-state index contributed by atoms with van der Waals surface area (Å²) >= 11 is 0. The summed E-state index contributed by atoms with van der Waals surface area (Å²) in [4.78, 5) is 43.5. The molecule has 8 nitrogen and oxygen atoms in total. The van der Waals surface area contributed by atoms with Crippen molar-refractivity contribution in [1.82, 2.24) is 10.2 Å². The first-order valence-electron chi connectivity index (χ1n) is 14.6. The number of carbonyl (C=O) groups is 3. The Hall–Kier alpha value is -4.24. The molecule has 0 bridgehead atoms. The van der Waals surface area contributed by atoms with E-state index in [-0.39, 0.29) is 29.8 Å². The molecule has 2 aliphatic rings. The standard InChI is InChI=1S/C33H38FN5O3/c1-22-5-2-6-23(19-22)32(41)37-29-21-24(31(40)36-28-12-10-27(35)11-13-28)9-14-30(29)38-15-4-16-39(18-17-38)33(42)25-7-3-8-26(34)20-25/h2-3,5-9,14,19-21,27-28H,4,10-13,15-18,35H2,1H3,(H,36,40)(H,37,41). The number of amides is 3. The Labute approximate surface area is 246 Å². The molecule has 1 saturated heterocycles. The number of rotatable bonds is 6. The van der Waals surface area contributed by atoms with Gasteiger partial charge < -0.3 is 26.2 Å². The topological polar surface area (TPSA) is 108 Å². The molecular formula is C33H38FN5O3. The van der Waals surface area contributed by atoms with Crippen molar-refractivity contribution in [3.8, 4) is 0 Å². The minimum absolute atomic E-state index is 0.0783. The summed E-state index contributed by atoms with van der Waals surface area (Å²) in [6, 6.07) is 18.7. The highest BCUT2D eigenvalue weighted by molar-refractivity contribution is 6.07. The Morgan fingerprint density at radius 1 is 0.810 bits per heavy atom. The lowest BCUT2D eigenvalue weighted by molar-refractivity contribution is 0.0766. The maximum atomic E-state index is 13.7. The van der Waals surface area contributed by atoms with E-state index in [9.17, 15) is 18.8 Å². The molecule has 4 N–H and O–H groups in total. The van der Waals surface area contributed by atoms with E-state index in [1.54, 1.807) is 29.2 Å². The third kappa shape index (κ3) is 7.15. The molecule has 5 rings (SSSR count). The second-order valence-corrected chi connectivity index (χ2v) is 11.3. The quantitative estimate of drug-likeness (QED) is 0.396. The number of anilines is 2. The number of nitrogens with zero attached hydrogens (tertiary/aromatic N) is 2. The third-order valence-electron chi connectivity index (χ3n) is 8.09. The van der Waals surface area contributed by atoms with Crippen molar-refractivity contribution < 1.29 is 18.8 Å². The smallest absolute Gasteiger partial charge is 0.255 e. The average Bonchev–Trinajstić information content (AvgIpc) is 3.24. The van der Waals surface area contributed by atoms with Gasteiger partial charge in [-0.2, -0.15) is 0 Å². The zero-order valence-corrected chi connectivity index (χ0v) is 23.9. The Kier molecular flexibility index (Phi) is 9.17. The molecule has 1 heterocycles. The summed E-state index contributed by atoms with van der Waals surface area (Å²) in [5.41, 5.74) is 9.62. The van der Waals surface area contributed by atoms with Gasteiger partial charge in [-0.1, -0.05) is 23.8 Å². The summed E-state index contributed by atoms with van der Waals surface area (Å²) in [6.07, 6.45) is 4.16. The van der Waals surface area contributed by atoms with Gasteiger partial charge in [-0.25, -0.2) is 4.39 Å². The number of aryl methyl sites for hydroxylation is 1. The summed E-state index contributed by atoms with van der Waals surface area (Å²) in [5, 5.41) is 6.17. The van der Waals surface area contributed by atoms with Crippen molar-refractivity contribution in [2.24, 2.45) is 5.73 Å². The molecule has 1 aliphatic heterocycles. The molecule has 3 amide bonds. The largest absolute Gasteiger partial charge is 0.368 e. The lowest BCUT2D eigenvalue weighted by Gasteiger charge is -2.28. The first-order valence-corrected chi connectivity index (χ1v) is 14.6. The van der Waals surface area contributed by atoms with Gasteiger partial charge in [0.1, 0.15) is 5.82 Å². The lowest BCUT2D eigenvalue weighted by atomic mass is 9.91. The van der Waals surface area contributed by atoms with E-state index in [4.69, 9.17) is 5.73 Å². The average molecular weight is 572 g/mol. The monoisotopic (exact) mass is 571 g/mol. The summed E-state index contributed by atoms with van der Waals surface area (Å²) in [5.74, 6) is -1.10. The van der Waals surface area contributed by atoms with Gasteiger partial charge in [0.25, 0.3) is 17.7 Å². The van der Waals surface area contributed by atoms with Crippen LogP contribution in [-0.2, 0) is 0 Å². The number of hydrogen-bond acceptors (Lipinski definition) is 5. The van der Waals surface area contributed by atoms with Crippen LogP contribution >= 0.6 is 0 Å². The minimum Gasteiger partial charge on any atom is -0.368 e. The zero-order chi connectivity index (χ0) is 29.6. The van der Waals surface area contributed by atoms with Crippen molar-refractivity contribution in [3.63, 3.8) is 0 Å². The van der Waals surface area contributed by atoms with Crippen molar-refractivity contribution in [2.45, 2.75) is 51.1 Å². The van der Waals surface area contributed by atoms with E-state index in [0.29, 0.717) is 55.0 Å². The molecule has 9 heteroatoms. The van der Waals surface area contributed by atoms with E-state index < -0.39 is 5.82 Å². The predicted molar refractivity (Wildman–Crippen MR) is 162 cm³/mol. The minimum atomic E-state index is -0.442. The van der Waals surface area contributed by atoms with E-state index in [0.717, 1.165) is 36.9 Å². The normalized spacial score (nSPS) is 19.1. The Morgan fingerprint density at radius 3 is 2.31 bits per heavy atom. The lowest BCUT2D eigenvalue weighted by Crippen LogP contribution is -2.40. The molecule has 3 aromatic rings. The highest BCUT2D eigenvalue weighted by Crippen LogP contribution is 2.30. The van der Waals surface area contributed by atoms with Gasteiger partial charge in [0.15, 0.2) is 0 Å². The van der Waals surface area contributed by atoms with E-state index >= 15 is 0 Å². The zero-order valence-electron chi connectivity index (χ0n) is 23.9. The molecule has 1 aliphatic carbocycles. The highest BCUT2D eigenvalue weighted by Gasteiger charge is 2.25. The fourth-order valence-corrected chi connectivity index (χ4v) is 5.73. The van der Waals surface area contributed by atoms with Crippen LogP contribution in [0.15, 0.2) is 66.7 Å². The Morgan fingerprint density at radius 2 is 1.55 bits per heavy atom. The summed E-state index contributed by atoms with van der Waals surface area (Å²) in [7, 11) is 0. The van der Waals surface area contributed by atoms with E-state index in [1.165, 1.54) is 18.2 Å². The van der Waals surface area contributed by atoms with Gasteiger partial charge in [0.05, 0.1) is 11.4 Å². The number of carbonyl (C=O) groups excluding carboxylic acids is 3. The molecule has 0 radical (unpaired) electrons. The molecule has 220 valence electrons. The number of nitrogens with one attached hydrogen (secondary N) is 2. The van der Waals surface area contributed by atoms with Gasteiger partial charge in [-0.3, -0.25) is 14.4 Å². The third-order valence-corrected chi connectivity index (χ3v) is 8.09. The van der Waals surface area contributed by atoms with Crippen LogP contribution in [0.1, 0.15) is 68.7 Å². The fourth-order valence-electron chi connectivity index (χ4n) is 5.73. The first-order chi connectivity index (χ1) is 20.3.